The molecule has 0 fully saturated rings. The normalized spacial score (nSPS) is 10.2. The molecule has 0 aromatic heterocycles. The van der Waals surface area contributed by atoms with Crippen LogP contribution in [0.3, 0.4) is 0 Å². The predicted molar refractivity (Wildman–Crippen MR) is 81.4 cm³/mol. The van der Waals surface area contributed by atoms with Gasteiger partial charge in [0.2, 0.25) is 0 Å². The summed E-state index contributed by atoms with van der Waals surface area (Å²) in [4.78, 5) is 0. The third-order valence-electron chi connectivity index (χ3n) is 3.23. The van der Waals surface area contributed by atoms with E-state index in [4.69, 9.17) is 18.9 Å². The number of phenolic OH excluding ortho intramolecular Hbond substituents is 2. The Balaban J connectivity index is 2.86. The molecule has 0 aliphatic rings. The highest BCUT2D eigenvalue weighted by Crippen LogP contribution is 2.50. The van der Waals surface area contributed by atoms with E-state index in [1.165, 1.54) is 52.7 Å². The number of benzene rings is 2. The number of ether oxygens (including phenoxy) is 4. The molecule has 0 heterocycles. The van der Waals surface area contributed by atoms with Crippen LogP contribution in [0.5, 0.6) is 34.5 Å². The van der Waals surface area contributed by atoms with Crippen LogP contribution < -0.4 is 18.9 Å². The summed E-state index contributed by atoms with van der Waals surface area (Å²) in [6.07, 6.45) is 0. The van der Waals surface area contributed by atoms with Crippen LogP contribution in [-0.2, 0) is 0 Å². The fraction of sp³-hybridized carbons (Fsp3) is 0.250. The smallest absolute Gasteiger partial charge is 0.134 e. The number of phenols is 2. The van der Waals surface area contributed by atoms with Crippen LogP contribution in [0.25, 0.3) is 11.1 Å². The lowest BCUT2D eigenvalue weighted by molar-refractivity contribution is 0.377. The van der Waals surface area contributed by atoms with Crippen LogP contribution >= 0.6 is 0 Å². The van der Waals surface area contributed by atoms with Gasteiger partial charge in [-0.2, -0.15) is 0 Å². The molecule has 0 atom stereocenters. The van der Waals surface area contributed by atoms with Crippen molar-refractivity contribution in [2.45, 2.75) is 0 Å². The van der Waals surface area contributed by atoms with Gasteiger partial charge in [-0.1, -0.05) is 0 Å². The van der Waals surface area contributed by atoms with Crippen molar-refractivity contribution >= 4 is 0 Å². The van der Waals surface area contributed by atoms with Crippen LogP contribution in [0.1, 0.15) is 0 Å². The van der Waals surface area contributed by atoms with Crippen LogP contribution in [-0.4, -0.2) is 38.7 Å². The molecule has 2 N–H and O–H groups in total. The average Bonchev–Trinajstić information content (AvgIpc) is 2.53. The van der Waals surface area contributed by atoms with Gasteiger partial charge in [-0.3, -0.25) is 0 Å². The summed E-state index contributed by atoms with van der Waals surface area (Å²) in [5.74, 6) is 1.57. The van der Waals surface area contributed by atoms with Crippen molar-refractivity contribution in [2.24, 2.45) is 0 Å². The van der Waals surface area contributed by atoms with Gasteiger partial charge in [-0.25, -0.2) is 0 Å². The van der Waals surface area contributed by atoms with Gasteiger partial charge in [-0.15, -0.1) is 0 Å². The van der Waals surface area contributed by atoms with E-state index < -0.39 is 0 Å². The zero-order chi connectivity index (χ0) is 16.3. The van der Waals surface area contributed by atoms with Crippen LogP contribution in [0, 0.1) is 0 Å². The molecule has 118 valence electrons. The van der Waals surface area contributed by atoms with E-state index in [-0.39, 0.29) is 11.5 Å². The van der Waals surface area contributed by atoms with E-state index in [0.717, 1.165) is 0 Å². The number of hydrogen-bond donors (Lipinski definition) is 2. The molecule has 0 spiro atoms. The number of hydrogen-bond acceptors (Lipinski definition) is 6. The fourth-order valence-corrected chi connectivity index (χ4v) is 2.29. The Hall–Kier alpha value is -2.76. The van der Waals surface area contributed by atoms with Gasteiger partial charge < -0.3 is 29.2 Å². The van der Waals surface area contributed by atoms with Gasteiger partial charge in [0.25, 0.3) is 0 Å². The van der Waals surface area contributed by atoms with Crippen LogP contribution in [0.15, 0.2) is 24.3 Å². The monoisotopic (exact) mass is 306 g/mol. The summed E-state index contributed by atoms with van der Waals surface area (Å²) in [5, 5.41) is 19.5. The average molecular weight is 306 g/mol. The molecule has 0 saturated carbocycles. The van der Waals surface area contributed by atoms with Crippen molar-refractivity contribution in [3.63, 3.8) is 0 Å². The quantitative estimate of drug-likeness (QED) is 0.884. The van der Waals surface area contributed by atoms with Gasteiger partial charge in [0.15, 0.2) is 0 Å². The summed E-state index contributed by atoms with van der Waals surface area (Å²) >= 11 is 0. The molecule has 6 nitrogen and oxygen atoms in total. The predicted octanol–water partition coefficient (Wildman–Crippen LogP) is 2.80. The third kappa shape index (κ3) is 2.67. The van der Waals surface area contributed by atoms with Crippen molar-refractivity contribution in [1.82, 2.24) is 0 Å². The Morgan fingerprint density at radius 2 is 0.773 bits per heavy atom. The van der Waals surface area contributed by atoms with Crippen molar-refractivity contribution in [3.05, 3.63) is 24.3 Å². The second-order valence-corrected chi connectivity index (χ2v) is 4.45. The molecule has 2 aromatic carbocycles. The lowest BCUT2D eigenvalue weighted by Gasteiger charge is -2.19. The van der Waals surface area contributed by atoms with Crippen molar-refractivity contribution in [3.8, 4) is 45.6 Å². The summed E-state index contributed by atoms with van der Waals surface area (Å²) in [7, 11) is 5.93. The first-order valence-electron chi connectivity index (χ1n) is 6.46. The van der Waals surface area contributed by atoms with E-state index in [2.05, 4.69) is 0 Å². The number of aromatic hydroxyl groups is 2. The van der Waals surface area contributed by atoms with Crippen LogP contribution in [0.2, 0.25) is 0 Å². The Bertz CT molecular complexity index is 571. The molecule has 0 bridgehead atoms. The van der Waals surface area contributed by atoms with Crippen LogP contribution in [0.4, 0.5) is 0 Å². The molecule has 6 heteroatoms. The first-order chi connectivity index (χ1) is 10.5. The molecule has 2 rings (SSSR count). The minimum atomic E-state index is 0.00848. The maximum absolute atomic E-state index is 9.76. The topological polar surface area (TPSA) is 77.4 Å². The second-order valence-electron chi connectivity index (χ2n) is 4.45. The first-order valence-corrected chi connectivity index (χ1v) is 6.46. The summed E-state index contributed by atoms with van der Waals surface area (Å²) in [6.45, 7) is 0. The molecular weight excluding hydrogens is 288 g/mol. The highest BCUT2D eigenvalue weighted by Gasteiger charge is 2.23. The second kappa shape index (κ2) is 6.34. The molecule has 0 unspecified atom stereocenters. The third-order valence-corrected chi connectivity index (χ3v) is 3.23. The molecule has 2 aromatic rings. The van der Waals surface area contributed by atoms with E-state index >= 15 is 0 Å². The lowest BCUT2D eigenvalue weighted by Crippen LogP contribution is -1.98. The SMILES string of the molecule is COc1cc(O)cc(OC)c1-c1c(OC)cc(O)cc1OC. The minimum Gasteiger partial charge on any atom is -0.508 e. The summed E-state index contributed by atoms with van der Waals surface area (Å²) in [6, 6.07) is 5.85. The zero-order valence-electron chi connectivity index (χ0n) is 12.8. The van der Waals surface area contributed by atoms with Crippen molar-refractivity contribution < 1.29 is 29.2 Å². The Morgan fingerprint density at radius 1 is 0.545 bits per heavy atom. The van der Waals surface area contributed by atoms with Gasteiger partial charge >= 0.3 is 0 Å². The highest BCUT2D eigenvalue weighted by atomic mass is 16.5. The molecular formula is C16H18O6. The van der Waals surface area contributed by atoms with E-state index in [1.807, 2.05) is 0 Å². The summed E-state index contributed by atoms with van der Waals surface area (Å²) in [5.41, 5.74) is 1.10. The number of methoxy groups -OCH3 is 4. The maximum Gasteiger partial charge on any atom is 0.134 e. The van der Waals surface area contributed by atoms with Gasteiger partial charge in [0.05, 0.1) is 39.6 Å². The zero-order valence-corrected chi connectivity index (χ0v) is 12.8. The fourth-order valence-electron chi connectivity index (χ4n) is 2.29. The van der Waals surface area contributed by atoms with Crippen molar-refractivity contribution in [2.75, 3.05) is 28.4 Å². The molecule has 0 radical (unpaired) electrons. The minimum absolute atomic E-state index is 0.00848. The molecule has 0 aliphatic carbocycles. The van der Waals surface area contributed by atoms with E-state index in [1.54, 1.807) is 0 Å². The largest absolute Gasteiger partial charge is 0.508 e. The molecule has 0 amide bonds. The molecule has 0 saturated heterocycles. The van der Waals surface area contributed by atoms with Crippen molar-refractivity contribution in [1.29, 1.82) is 0 Å². The van der Waals surface area contributed by atoms with Gasteiger partial charge in [0.1, 0.15) is 34.5 Å². The van der Waals surface area contributed by atoms with Gasteiger partial charge in [-0.05, 0) is 0 Å². The maximum atomic E-state index is 9.76. The van der Waals surface area contributed by atoms with E-state index in [0.29, 0.717) is 34.1 Å². The standard InChI is InChI=1S/C16H18O6/c1-19-11-5-9(17)6-12(20-2)15(11)16-13(21-3)7-10(18)8-14(16)22-4/h5-8,17-18H,1-4H3. The Labute approximate surface area is 128 Å². The first kappa shape index (κ1) is 15.6. The Morgan fingerprint density at radius 3 is 0.955 bits per heavy atom. The lowest BCUT2D eigenvalue weighted by atomic mass is 10.00. The highest BCUT2D eigenvalue weighted by molar-refractivity contribution is 5.87. The molecule has 22 heavy (non-hydrogen) atoms. The summed E-state index contributed by atoms with van der Waals surface area (Å²) < 4.78 is 21.4. The van der Waals surface area contributed by atoms with E-state index in [9.17, 15) is 10.2 Å². The van der Waals surface area contributed by atoms with Gasteiger partial charge in [0, 0.05) is 24.3 Å². The number of rotatable bonds is 5. The Kier molecular flexibility index (Phi) is 4.50. The molecule has 0 aliphatic heterocycles.